The van der Waals surface area contributed by atoms with Crippen LogP contribution in [0.2, 0.25) is 0 Å². The van der Waals surface area contributed by atoms with Crippen LogP contribution in [0.15, 0.2) is 12.7 Å². The van der Waals surface area contributed by atoms with Gasteiger partial charge in [0.2, 0.25) is 0 Å². The summed E-state index contributed by atoms with van der Waals surface area (Å²) < 4.78 is 0. The van der Waals surface area contributed by atoms with Crippen LogP contribution < -0.4 is 5.32 Å². The lowest BCUT2D eigenvalue weighted by Gasteiger charge is -2.04. The van der Waals surface area contributed by atoms with Gasteiger partial charge in [-0.05, 0) is 20.4 Å². The molecule has 68 valence electrons. The molecule has 0 aliphatic rings. The van der Waals surface area contributed by atoms with E-state index in [4.69, 9.17) is 10.2 Å². The second-order valence-electron chi connectivity index (χ2n) is 2.05. The molecule has 0 aromatic carbocycles. The van der Waals surface area contributed by atoms with Crippen molar-refractivity contribution < 1.29 is 10.2 Å². The number of hydrogen-bond donors (Lipinski definition) is 3. The predicted molar refractivity (Wildman–Crippen MR) is 47.5 cm³/mol. The lowest BCUT2D eigenvalue weighted by Crippen LogP contribution is -2.22. The Hall–Kier alpha value is -0.380. The summed E-state index contributed by atoms with van der Waals surface area (Å²) in [5.41, 5.74) is 0. The first kappa shape index (κ1) is 13.2. The van der Waals surface area contributed by atoms with Crippen LogP contribution in [0.4, 0.5) is 0 Å². The Morgan fingerprint density at radius 2 is 2.09 bits per heavy atom. The van der Waals surface area contributed by atoms with Crippen LogP contribution in [0, 0.1) is 0 Å². The smallest absolute Gasteiger partial charge is 0.0698 e. The van der Waals surface area contributed by atoms with E-state index >= 15 is 0 Å². The van der Waals surface area contributed by atoms with E-state index in [1.165, 1.54) is 0 Å². The van der Waals surface area contributed by atoms with E-state index in [0.29, 0.717) is 13.0 Å². The lowest BCUT2D eigenvalue weighted by atomic mass is 10.2. The fourth-order valence-electron chi connectivity index (χ4n) is 0.511. The van der Waals surface area contributed by atoms with Crippen LogP contribution >= 0.6 is 0 Å². The van der Waals surface area contributed by atoms with Crippen LogP contribution in [-0.4, -0.2) is 36.5 Å². The average molecular weight is 161 g/mol. The second kappa shape index (κ2) is 12.3. The third-order valence-corrected chi connectivity index (χ3v) is 0.878. The standard InChI is InChI=1S/C6H13NO.C2H6O/c1-3-4-6(8)5-7-2;1-2-3/h3,6-8H,1,4-5H2,2H3;3H,2H2,1H3. The highest BCUT2D eigenvalue weighted by Crippen LogP contribution is 1.87. The molecule has 11 heavy (non-hydrogen) atoms. The van der Waals surface area contributed by atoms with Gasteiger partial charge in [-0.1, -0.05) is 6.08 Å². The van der Waals surface area contributed by atoms with Crippen molar-refractivity contribution in [1.29, 1.82) is 0 Å². The predicted octanol–water partition coefficient (Wildman–Crippen LogP) is 0.141. The third kappa shape index (κ3) is 17.7. The first-order valence-corrected chi connectivity index (χ1v) is 3.77. The number of nitrogens with one attached hydrogen (secondary N) is 1. The molecule has 0 saturated heterocycles. The summed E-state index contributed by atoms with van der Waals surface area (Å²) in [7, 11) is 1.81. The molecule has 0 amide bonds. The van der Waals surface area contributed by atoms with E-state index < -0.39 is 0 Å². The molecule has 1 atom stereocenters. The van der Waals surface area contributed by atoms with Gasteiger partial charge in [0.15, 0.2) is 0 Å². The summed E-state index contributed by atoms with van der Waals surface area (Å²) >= 11 is 0. The molecule has 0 heterocycles. The van der Waals surface area contributed by atoms with Gasteiger partial charge in [0.25, 0.3) is 0 Å². The van der Waals surface area contributed by atoms with E-state index in [1.807, 2.05) is 7.05 Å². The highest BCUT2D eigenvalue weighted by molar-refractivity contribution is 4.72. The molecule has 0 spiro atoms. The molecule has 0 aliphatic carbocycles. The molecular weight excluding hydrogens is 142 g/mol. The van der Waals surface area contributed by atoms with Gasteiger partial charge in [0.05, 0.1) is 6.10 Å². The van der Waals surface area contributed by atoms with Gasteiger partial charge in [-0.2, -0.15) is 0 Å². The molecule has 0 aromatic rings. The topological polar surface area (TPSA) is 52.5 Å². The average Bonchev–Trinajstić information content (AvgIpc) is 1.90. The maximum absolute atomic E-state index is 8.92. The van der Waals surface area contributed by atoms with Crippen molar-refractivity contribution in [3.05, 3.63) is 12.7 Å². The van der Waals surface area contributed by atoms with Crippen LogP contribution in [0.3, 0.4) is 0 Å². The van der Waals surface area contributed by atoms with Crippen molar-refractivity contribution >= 4 is 0 Å². The van der Waals surface area contributed by atoms with Crippen molar-refractivity contribution in [1.82, 2.24) is 5.32 Å². The van der Waals surface area contributed by atoms with E-state index in [9.17, 15) is 0 Å². The summed E-state index contributed by atoms with van der Waals surface area (Å²) in [6, 6.07) is 0. The molecule has 1 unspecified atom stereocenters. The zero-order valence-corrected chi connectivity index (χ0v) is 7.38. The molecule has 0 rings (SSSR count). The third-order valence-electron chi connectivity index (χ3n) is 0.878. The number of likely N-dealkylation sites (N-methyl/N-ethyl adjacent to an activating group) is 1. The molecular formula is C8H19NO2. The second-order valence-corrected chi connectivity index (χ2v) is 2.05. The van der Waals surface area contributed by atoms with Gasteiger partial charge in [0.1, 0.15) is 0 Å². The summed E-state index contributed by atoms with van der Waals surface area (Å²) in [5.74, 6) is 0. The molecule has 3 N–H and O–H groups in total. The zero-order chi connectivity index (χ0) is 9.11. The van der Waals surface area contributed by atoms with Crippen LogP contribution in [0.1, 0.15) is 13.3 Å². The Labute approximate surface area is 68.7 Å². The van der Waals surface area contributed by atoms with Gasteiger partial charge in [-0.3, -0.25) is 0 Å². The highest BCUT2D eigenvalue weighted by atomic mass is 16.3. The molecule has 3 heteroatoms. The Kier molecular flexibility index (Phi) is 14.8. The largest absolute Gasteiger partial charge is 0.397 e. The molecule has 0 aromatic heterocycles. The summed E-state index contributed by atoms with van der Waals surface area (Å²) in [4.78, 5) is 0. The van der Waals surface area contributed by atoms with E-state index in [1.54, 1.807) is 13.0 Å². The maximum atomic E-state index is 8.92. The fourth-order valence-corrected chi connectivity index (χ4v) is 0.511. The highest BCUT2D eigenvalue weighted by Gasteiger charge is 1.95. The van der Waals surface area contributed by atoms with Crippen molar-refractivity contribution in [2.24, 2.45) is 0 Å². The summed E-state index contributed by atoms with van der Waals surface area (Å²) in [5, 5.41) is 19.3. The van der Waals surface area contributed by atoms with Crippen LogP contribution in [0.25, 0.3) is 0 Å². The van der Waals surface area contributed by atoms with Gasteiger partial charge >= 0.3 is 0 Å². The van der Waals surface area contributed by atoms with Gasteiger partial charge < -0.3 is 15.5 Å². The first-order chi connectivity index (χ1) is 5.22. The SMILES string of the molecule is C=CCC(O)CNC.CCO. The van der Waals surface area contributed by atoms with E-state index in [2.05, 4.69) is 11.9 Å². The Morgan fingerprint density at radius 1 is 1.64 bits per heavy atom. The normalized spacial score (nSPS) is 11.3. The Balaban J connectivity index is 0. The maximum Gasteiger partial charge on any atom is 0.0698 e. The number of aliphatic hydroxyl groups is 2. The lowest BCUT2D eigenvalue weighted by molar-refractivity contribution is 0.178. The minimum absolute atomic E-state index is 0.250. The number of rotatable bonds is 4. The number of aliphatic hydroxyl groups excluding tert-OH is 2. The molecule has 0 aliphatic heterocycles. The minimum Gasteiger partial charge on any atom is -0.397 e. The van der Waals surface area contributed by atoms with Crippen molar-refractivity contribution in [2.45, 2.75) is 19.4 Å². The number of hydrogen-bond acceptors (Lipinski definition) is 3. The van der Waals surface area contributed by atoms with Gasteiger partial charge in [0, 0.05) is 13.2 Å². The first-order valence-electron chi connectivity index (χ1n) is 3.77. The summed E-state index contributed by atoms with van der Waals surface area (Å²) in [6.45, 7) is 6.07. The Bertz CT molecular complexity index is 76.5. The molecule has 0 fully saturated rings. The van der Waals surface area contributed by atoms with Gasteiger partial charge in [-0.15, -0.1) is 6.58 Å². The van der Waals surface area contributed by atoms with Crippen molar-refractivity contribution in [3.63, 3.8) is 0 Å². The zero-order valence-electron chi connectivity index (χ0n) is 7.38. The molecule has 3 nitrogen and oxygen atoms in total. The quantitative estimate of drug-likeness (QED) is 0.514. The van der Waals surface area contributed by atoms with E-state index in [-0.39, 0.29) is 12.7 Å². The fraction of sp³-hybridized carbons (Fsp3) is 0.750. The minimum atomic E-state index is -0.266. The summed E-state index contributed by atoms with van der Waals surface area (Å²) in [6.07, 6.45) is 2.11. The molecule has 0 saturated carbocycles. The van der Waals surface area contributed by atoms with Crippen LogP contribution in [-0.2, 0) is 0 Å². The van der Waals surface area contributed by atoms with E-state index in [0.717, 1.165) is 0 Å². The van der Waals surface area contributed by atoms with Crippen LogP contribution in [0.5, 0.6) is 0 Å². The molecule has 0 bridgehead atoms. The monoisotopic (exact) mass is 161 g/mol. The van der Waals surface area contributed by atoms with Crippen molar-refractivity contribution in [2.75, 3.05) is 20.2 Å². The molecule has 0 radical (unpaired) electrons. The van der Waals surface area contributed by atoms with Crippen molar-refractivity contribution in [3.8, 4) is 0 Å². The Morgan fingerprint density at radius 3 is 2.36 bits per heavy atom. The van der Waals surface area contributed by atoms with Gasteiger partial charge in [-0.25, -0.2) is 0 Å².